The third-order valence-corrected chi connectivity index (χ3v) is 4.87. The van der Waals surface area contributed by atoms with Crippen LogP contribution >= 0.6 is 27.3 Å². The predicted molar refractivity (Wildman–Crippen MR) is 78.2 cm³/mol. The summed E-state index contributed by atoms with van der Waals surface area (Å²) in [5.74, 6) is 1.53. The van der Waals surface area contributed by atoms with Gasteiger partial charge in [0.15, 0.2) is 5.82 Å². The molecule has 0 amide bonds. The van der Waals surface area contributed by atoms with Crippen molar-refractivity contribution in [2.75, 3.05) is 5.73 Å². The Morgan fingerprint density at radius 2 is 2.16 bits per heavy atom. The fourth-order valence-corrected chi connectivity index (χ4v) is 3.11. The van der Waals surface area contributed by atoms with Gasteiger partial charge in [0.2, 0.25) is 4.96 Å². The zero-order valence-electron chi connectivity index (χ0n) is 9.88. The van der Waals surface area contributed by atoms with E-state index in [0.717, 1.165) is 25.8 Å². The van der Waals surface area contributed by atoms with Crippen LogP contribution in [0, 0.1) is 0 Å². The number of fused-ring (bicyclic) bond motifs is 1. The molecule has 2 N–H and O–H groups in total. The van der Waals surface area contributed by atoms with Crippen LogP contribution in [-0.4, -0.2) is 19.8 Å². The second-order valence-electron chi connectivity index (χ2n) is 4.67. The van der Waals surface area contributed by atoms with Crippen molar-refractivity contribution >= 4 is 37.9 Å². The molecule has 96 valence electrons. The Morgan fingerprint density at radius 1 is 1.32 bits per heavy atom. The Hall–Kier alpha value is -1.47. The van der Waals surface area contributed by atoms with Crippen LogP contribution < -0.4 is 5.73 Å². The number of rotatable bonds is 2. The van der Waals surface area contributed by atoms with Gasteiger partial charge in [-0.3, -0.25) is 0 Å². The second kappa shape index (κ2) is 4.01. The van der Waals surface area contributed by atoms with Gasteiger partial charge in [-0.2, -0.15) is 9.61 Å². The highest BCUT2D eigenvalue weighted by atomic mass is 79.9. The molecule has 1 fully saturated rings. The van der Waals surface area contributed by atoms with E-state index in [1.165, 1.54) is 24.2 Å². The van der Waals surface area contributed by atoms with Crippen LogP contribution in [0.3, 0.4) is 0 Å². The molecule has 0 saturated heterocycles. The fraction of sp³-hybridized carbons (Fsp3) is 0.250. The molecule has 5 nitrogen and oxygen atoms in total. The number of benzene rings is 1. The SMILES string of the molecule is Nc1cc(-c2nn3c(C4CC4)nnc3s2)ccc1Br. The Morgan fingerprint density at radius 3 is 2.89 bits per heavy atom. The van der Waals surface area contributed by atoms with E-state index in [4.69, 9.17) is 5.73 Å². The van der Waals surface area contributed by atoms with Crippen LogP contribution in [0.4, 0.5) is 5.69 Å². The van der Waals surface area contributed by atoms with E-state index in [-0.39, 0.29) is 0 Å². The van der Waals surface area contributed by atoms with Gasteiger partial charge in [0.1, 0.15) is 5.01 Å². The fourth-order valence-electron chi connectivity index (χ4n) is 2.02. The Balaban J connectivity index is 1.84. The molecular weight excluding hydrogens is 326 g/mol. The molecule has 0 atom stereocenters. The standard InChI is InChI=1S/C12H10BrN5S/c13-8-4-3-7(5-9(8)14)11-17-18-10(6-1-2-6)15-16-12(18)19-11/h3-6H,1-2,14H2. The molecule has 4 rings (SSSR count). The van der Waals surface area contributed by atoms with E-state index in [0.29, 0.717) is 11.6 Å². The largest absolute Gasteiger partial charge is 0.398 e. The average molecular weight is 336 g/mol. The summed E-state index contributed by atoms with van der Waals surface area (Å²) in [4.78, 5) is 0.846. The molecule has 1 saturated carbocycles. The predicted octanol–water partition coefficient (Wildman–Crippen LogP) is 3.07. The summed E-state index contributed by atoms with van der Waals surface area (Å²) in [5.41, 5.74) is 7.64. The summed E-state index contributed by atoms with van der Waals surface area (Å²) in [6.07, 6.45) is 2.39. The number of anilines is 1. The molecule has 2 heterocycles. The first-order chi connectivity index (χ1) is 9.22. The molecule has 0 unspecified atom stereocenters. The van der Waals surface area contributed by atoms with E-state index >= 15 is 0 Å². The lowest BCUT2D eigenvalue weighted by molar-refractivity contribution is 0.828. The Kier molecular flexibility index (Phi) is 2.40. The van der Waals surface area contributed by atoms with Gasteiger partial charge in [-0.05, 0) is 40.9 Å². The van der Waals surface area contributed by atoms with E-state index < -0.39 is 0 Å². The zero-order chi connectivity index (χ0) is 13.0. The Labute approximate surface area is 121 Å². The van der Waals surface area contributed by atoms with E-state index in [2.05, 4.69) is 31.2 Å². The van der Waals surface area contributed by atoms with Crippen molar-refractivity contribution in [3.63, 3.8) is 0 Å². The molecule has 1 aliphatic rings. The number of hydrogen-bond donors (Lipinski definition) is 1. The number of nitrogen functional groups attached to an aromatic ring is 1. The van der Waals surface area contributed by atoms with Crippen molar-refractivity contribution in [2.45, 2.75) is 18.8 Å². The normalized spacial score (nSPS) is 15.2. The highest BCUT2D eigenvalue weighted by molar-refractivity contribution is 9.10. The zero-order valence-corrected chi connectivity index (χ0v) is 12.3. The lowest BCUT2D eigenvalue weighted by Gasteiger charge is -2.00. The second-order valence-corrected chi connectivity index (χ2v) is 6.48. The summed E-state index contributed by atoms with van der Waals surface area (Å²) in [6, 6.07) is 5.87. The highest BCUT2D eigenvalue weighted by Crippen LogP contribution is 2.40. The molecule has 19 heavy (non-hydrogen) atoms. The first-order valence-corrected chi connectivity index (χ1v) is 7.61. The number of nitrogens with two attached hydrogens (primary N) is 1. The first-order valence-electron chi connectivity index (χ1n) is 6.00. The van der Waals surface area contributed by atoms with E-state index in [1.807, 2.05) is 22.7 Å². The van der Waals surface area contributed by atoms with Gasteiger partial charge in [-0.15, -0.1) is 10.2 Å². The summed E-state index contributed by atoms with van der Waals surface area (Å²) in [7, 11) is 0. The number of halogens is 1. The molecule has 7 heteroatoms. The van der Waals surface area contributed by atoms with Gasteiger partial charge >= 0.3 is 0 Å². The van der Waals surface area contributed by atoms with Crippen molar-refractivity contribution in [3.05, 3.63) is 28.5 Å². The van der Waals surface area contributed by atoms with Crippen LogP contribution in [0.2, 0.25) is 0 Å². The Bertz CT molecular complexity index is 774. The van der Waals surface area contributed by atoms with Crippen LogP contribution in [-0.2, 0) is 0 Å². The van der Waals surface area contributed by atoms with Gasteiger partial charge in [-0.1, -0.05) is 17.4 Å². The summed E-state index contributed by atoms with van der Waals surface area (Å²) >= 11 is 4.94. The molecule has 0 spiro atoms. The summed E-state index contributed by atoms with van der Waals surface area (Å²) < 4.78 is 2.77. The minimum absolute atomic E-state index is 0.542. The third-order valence-electron chi connectivity index (χ3n) is 3.20. The average Bonchev–Trinajstić information content (AvgIpc) is 3.01. The van der Waals surface area contributed by atoms with Crippen molar-refractivity contribution in [1.29, 1.82) is 0 Å². The van der Waals surface area contributed by atoms with Crippen molar-refractivity contribution in [1.82, 2.24) is 19.8 Å². The summed E-state index contributed by atoms with van der Waals surface area (Å²) in [5, 5.41) is 13.9. The number of hydrogen-bond acceptors (Lipinski definition) is 5. The molecule has 0 radical (unpaired) electrons. The maximum Gasteiger partial charge on any atom is 0.234 e. The monoisotopic (exact) mass is 335 g/mol. The van der Waals surface area contributed by atoms with Crippen LogP contribution in [0.5, 0.6) is 0 Å². The lowest BCUT2D eigenvalue weighted by atomic mass is 10.2. The van der Waals surface area contributed by atoms with Gasteiger partial charge in [-0.25, -0.2) is 0 Å². The smallest absolute Gasteiger partial charge is 0.234 e. The maximum absolute atomic E-state index is 5.91. The van der Waals surface area contributed by atoms with Crippen LogP contribution in [0.1, 0.15) is 24.6 Å². The van der Waals surface area contributed by atoms with Gasteiger partial charge < -0.3 is 5.73 Å². The number of nitrogens with zero attached hydrogens (tertiary/aromatic N) is 4. The van der Waals surface area contributed by atoms with Crippen LogP contribution in [0.15, 0.2) is 22.7 Å². The van der Waals surface area contributed by atoms with Gasteiger partial charge in [0, 0.05) is 21.6 Å². The third kappa shape index (κ3) is 1.84. The van der Waals surface area contributed by atoms with E-state index in [1.54, 1.807) is 0 Å². The van der Waals surface area contributed by atoms with Gasteiger partial charge in [0.05, 0.1) is 0 Å². The topological polar surface area (TPSA) is 69.1 Å². The highest BCUT2D eigenvalue weighted by Gasteiger charge is 2.30. The molecule has 2 aromatic heterocycles. The van der Waals surface area contributed by atoms with Crippen LogP contribution in [0.25, 0.3) is 15.5 Å². The quantitative estimate of drug-likeness (QED) is 0.730. The van der Waals surface area contributed by atoms with Crippen molar-refractivity contribution in [3.8, 4) is 10.6 Å². The molecule has 1 aromatic carbocycles. The van der Waals surface area contributed by atoms with Crippen molar-refractivity contribution < 1.29 is 0 Å². The minimum Gasteiger partial charge on any atom is -0.398 e. The van der Waals surface area contributed by atoms with E-state index in [9.17, 15) is 0 Å². The maximum atomic E-state index is 5.91. The lowest BCUT2D eigenvalue weighted by Crippen LogP contribution is -1.93. The van der Waals surface area contributed by atoms with Gasteiger partial charge in [0.25, 0.3) is 0 Å². The molecule has 0 bridgehead atoms. The van der Waals surface area contributed by atoms with Crippen molar-refractivity contribution in [2.24, 2.45) is 0 Å². The number of aromatic nitrogens is 4. The minimum atomic E-state index is 0.542. The molecule has 3 aromatic rings. The molecule has 1 aliphatic carbocycles. The molecule has 0 aliphatic heterocycles. The summed E-state index contributed by atoms with van der Waals surface area (Å²) in [6.45, 7) is 0. The first kappa shape index (κ1) is 11.4. The molecular formula is C12H10BrN5S.